The molecule has 2 atom stereocenters. The Morgan fingerprint density at radius 3 is 2.33 bits per heavy atom. The summed E-state index contributed by atoms with van der Waals surface area (Å²) < 4.78 is 28.9. The van der Waals surface area contributed by atoms with E-state index in [2.05, 4.69) is 42.9 Å². The highest BCUT2D eigenvalue weighted by atomic mass is 32.2. The lowest BCUT2D eigenvalue weighted by Gasteiger charge is -2.08. The zero-order valence-electron chi connectivity index (χ0n) is 33.1. The molecule has 6 rings (SSSR count). The SMILES string of the molecule is CC(=O)C1CCCC1.CC(=O)NS(=O)(=O)C1CC1.CCC1C[C@H]1/C=C\CCCCN(C)C=O.COc1ccc2c(=O)cc(-c3nc(C(C)C)cs3)[nH]c2c1. The third kappa shape index (κ3) is 15.1. The number of carbonyl (C=O) groups excluding carboxylic acids is 3. The van der Waals surface area contributed by atoms with Gasteiger partial charge in [-0.15, -0.1) is 11.3 Å². The maximum atomic E-state index is 12.2. The number of unbranched alkanes of at least 4 members (excludes halogenated alkanes) is 2. The smallest absolute Gasteiger partial charge is 0.237 e. The lowest BCUT2D eigenvalue weighted by molar-refractivity contribution is -0.120. The molecule has 2 heterocycles. The molecule has 3 aromatic rings. The van der Waals surface area contributed by atoms with Crippen LogP contribution in [0.5, 0.6) is 5.75 Å². The van der Waals surface area contributed by atoms with E-state index in [-0.39, 0.29) is 10.7 Å². The van der Waals surface area contributed by atoms with Gasteiger partial charge >= 0.3 is 0 Å². The summed E-state index contributed by atoms with van der Waals surface area (Å²) in [6, 6.07) is 7.00. The minimum absolute atomic E-state index is 0.0114. The van der Waals surface area contributed by atoms with E-state index >= 15 is 0 Å². The van der Waals surface area contributed by atoms with Crippen molar-refractivity contribution in [1.82, 2.24) is 19.6 Å². The number of aromatic nitrogens is 2. The van der Waals surface area contributed by atoms with Crippen LogP contribution in [0.3, 0.4) is 0 Å². The van der Waals surface area contributed by atoms with E-state index in [1.165, 1.54) is 45.4 Å². The number of H-pyrrole nitrogens is 1. The Bertz CT molecular complexity index is 1860. The topological polar surface area (TPSA) is 156 Å². The predicted octanol–water partition coefficient (Wildman–Crippen LogP) is 8.01. The number of hydrogen-bond acceptors (Lipinski definition) is 9. The molecule has 3 aliphatic rings. The molecule has 3 aliphatic carbocycles. The molecule has 2 amide bonds. The van der Waals surface area contributed by atoms with Crippen molar-refractivity contribution in [3.63, 3.8) is 0 Å². The van der Waals surface area contributed by atoms with Crippen LogP contribution in [0.25, 0.3) is 21.6 Å². The number of ketones is 1. The third-order valence-corrected chi connectivity index (χ3v) is 12.6. The largest absolute Gasteiger partial charge is 0.497 e. The zero-order valence-corrected chi connectivity index (χ0v) is 34.7. The van der Waals surface area contributed by atoms with Gasteiger partial charge in [0.2, 0.25) is 22.3 Å². The molecule has 298 valence electrons. The summed E-state index contributed by atoms with van der Waals surface area (Å²) in [5, 5.41) is 3.21. The van der Waals surface area contributed by atoms with E-state index in [1.54, 1.807) is 48.5 Å². The molecule has 2 aromatic heterocycles. The second kappa shape index (κ2) is 21.9. The lowest BCUT2D eigenvalue weighted by Crippen LogP contribution is -2.31. The number of ether oxygens (including phenoxy) is 1. The number of hydrogen-bond donors (Lipinski definition) is 2. The molecule has 0 radical (unpaired) electrons. The van der Waals surface area contributed by atoms with Crippen LogP contribution in [0.2, 0.25) is 0 Å². The predicted molar refractivity (Wildman–Crippen MR) is 218 cm³/mol. The number of amides is 2. The van der Waals surface area contributed by atoms with Gasteiger partial charge in [0.15, 0.2) is 5.43 Å². The minimum Gasteiger partial charge on any atom is -0.497 e. The van der Waals surface area contributed by atoms with Gasteiger partial charge in [-0.05, 0) is 88.2 Å². The molecular weight excluding hydrogens is 725 g/mol. The molecule has 3 saturated carbocycles. The lowest BCUT2D eigenvalue weighted by atomic mass is 10.0. The number of sulfonamides is 1. The average molecular weight is 785 g/mol. The maximum Gasteiger partial charge on any atom is 0.237 e. The van der Waals surface area contributed by atoms with Gasteiger partial charge < -0.3 is 14.6 Å². The van der Waals surface area contributed by atoms with Crippen molar-refractivity contribution in [2.75, 3.05) is 20.7 Å². The molecule has 13 heteroatoms. The number of pyridine rings is 1. The van der Waals surface area contributed by atoms with Gasteiger partial charge in [0.05, 0.1) is 29.3 Å². The number of Topliss-reactive ketones (excluding diaryl/α,β-unsaturated/α-hetero) is 1. The van der Waals surface area contributed by atoms with E-state index in [0.717, 1.165) is 71.7 Å². The van der Waals surface area contributed by atoms with Crippen LogP contribution in [0.15, 0.2) is 46.6 Å². The number of fused-ring (bicyclic) bond motifs is 1. The first-order chi connectivity index (χ1) is 25.7. The van der Waals surface area contributed by atoms with E-state index < -0.39 is 15.9 Å². The summed E-state index contributed by atoms with van der Waals surface area (Å²) >= 11 is 1.55. The first-order valence-corrected chi connectivity index (χ1v) is 21.6. The Hall–Kier alpha value is -3.84. The molecular formula is C41H60N4O7S2. The fourth-order valence-corrected chi connectivity index (χ4v) is 8.34. The van der Waals surface area contributed by atoms with E-state index in [4.69, 9.17) is 4.74 Å². The number of allylic oxidation sites excluding steroid dienone is 2. The summed E-state index contributed by atoms with van der Waals surface area (Å²) in [7, 11) is 0.156. The number of carbonyl (C=O) groups is 3. The second-order valence-corrected chi connectivity index (χ2v) is 17.6. The molecule has 2 N–H and O–H groups in total. The molecule has 3 fully saturated rings. The Balaban J connectivity index is 0.000000208. The zero-order chi connectivity index (χ0) is 39.8. The van der Waals surface area contributed by atoms with Gasteiger partial charge in [0, 0.05) is 49.3 Å². The quantitative estimate of drug-likeness (QED) is 0.0947. The van der Waals surface area contributed by atoms with Crippen LogP contribution in [0, 0.1) is 17.8 Å². The first-order valence-electron chi connectivity index (χ1n) is 19.2. The van der Waals surface area contributed by atoms with Crippen molar-refractivity contribution >= 4 is 50.4 Å². The highest BCUT2D eigenvalue weighted by molar-refractivity contribution is 7.90. The van der Waals surface area contributed by atoms with Gasteiger partial charge in [0.25, 0.3) is 0 Å². The molecule has 11 nitrogen and oxygen atoms in total. The van der Waals surface area contributed by atoms with Crippen molar-refractivity contribution < 1.29 is 27.5 Å². The van der Waals surface area contributed by atoms with Crippen LogP contribution in [-0.2, 0) is 24.4 Å². The summed E-state index contributed by atoms with van der Waals surface area (Å²) in [6.07, 6.45) is 18.0. The molecule has 0 spiro atoms. The van der Waals surface area contributed by atoms with Crippen molar-refractivity contribution in [1.29, 1.82) is 0 Å². The Labute approximate surface area is 325 Å². The van der Waals surface area contributed by atoms with Crippen molar-refractivity contribution in [2.24, 2.45) is 17.8 Å². The maximum absolute atomic E-state index is 12.2. The number of rotatable bonds is 14. The van der Waals surface area contributed by atoms with Crippen LogP contribution in [-0.4, -0.2) is 67.3 Å². The molecule has 1 aromatic carbocycles. The number of benzene rings is 1. The van der Waals surface area contributed by atoms with Gasteiger partial charge in [0.1, 0.15) is 16.5 Å². The molecule has 0 saturated heterocycles. The van der Waals surface area contributed by atoms with Gasteiger partial charge in [-0.3, -0.25) is 23.9 Å². The van der Waals surface area contributed by atoms with Crippen molar-refractivity contribution in [2.45, 2.75) is 116 Å². The Kier molecular flexibility index (Phi) is 18.1. The van der Waals surface area contributed by atoms with E-state index in [1.807, 2.05) is 23.2 Å². The van der Waals surface area contributed by atoms with E-state index in [9.17, 15) is 27.6 Å². The van der Waals surface area contributed by atoms with E-state index in [0.29, 0.717) is 35.8 Å². The Morgan fingerprint density at radius 2 is 1.81 bits per heavy atom. The second-order valence-electron chi connectivity index (χ2n) is 14.8. The van der Waals surface area contributed by atoms with Gasteiger partial charge in [-0.1, -0.05) is 52.2 Å². The number of methoxy groups -OCH3 is 1. The highest BCUT2D eigenvalue weighted by Gasteiger charge is 2.36. The van der Waals surface area contributed by atoms with Crippen LogP contribution in [0.1, 0.15) is 117 Å². The molecule has 1 unspecified atom stereocenters. The Morgan fingerprint density at radius 1 is 1.11 bits per heavy atom. The fraction of sp³-hybridized carbons (Fsp3) is 0.585. The van der Waals surface area contributed by atoms with Crippen molar-refractivity contribution in [3.05, 3.63) is 57.7 Å². The highest BCUT2D eigenvalue weighted by Crippen LogP contribution is 2.42. The summed E-state index contributed by atoms with van der Waals surface area (Å²) in [6.45, 7) is 10.3. The summed E-state index contributed by atoms with van der Waals surface area (Å²) in [5.41, 5.74) is 2.54. The number of thiazole rings is 1. The monoisotopic (exact) mass is 784 g/mol. The van der Waals surface area contributed by atoms with Crippen LogP contribution >= 0.6 is 11.3 Å². The number of nitrogens with zero attached hydrogens (tertiary/aromatic N) is 2. The third-order valence-electron chi connectivity index (χ3n) is 9.76. The minimum atomic E-state index is -3.29. The first kappa shape index (κ1) is 44.6. The standard InChI is InChI=1S/C16H16N2O2S.C13H23NO.C7H12O.C5H9NO3S/c1-9(2)14-8-21-16(18-14)13-7-15(19)11-5-4-10(20-3)6-12(11)17-13;1-3-12-10-13(12)8-6-4-5-7-9-14(2)11-15;1-6(8)7-4-2-3-5-7;1-4(7)6-10(8,9)5-2-3-5/h4-9H,1-3H3,(H,17,19);6,8,11-13H,3-5,7,9-10H2,1-2H3;7H,2-5H2,1H3;5H,2-3H2,1H3,(H,6,7)/b;8-6-;;/t;12?,13-;;/m.1../s1. The summed E-state index contributed by atoms with van der Waals surface area (Å²) in [4.78, 5) is 53.1. The number of nitrogens with one attached hydrogen (secondary N) is 2. The average Bonchev–Trinajstić information content (AvgIpc) is 4.01. The van der Waals surface area contributed by atoms with Gasteiger partial charge in [-0.25, -0.2) is 13.4 Å². The number of aromatic amines is 1. The molecule has 54 heavy (non-hydrogen) atoms. The summed E-state index contributed by atoms with van der Waals surface area (Å²) in [5.74, 6) is 3.26. The normalized spacial score (nSPS) is 17.8. The van der Waals surface area contributed by atoms with Crippen LogP contribution < -0.4 is 14.9 Å². The van der Waals surface area contributed by atoms with Crippen molar-refractivity contribution in [3.8, 4) is 16.5 Å². The van der Waals surface area contributed by atoms with Crippen LogP contribution in [0.4, 0.5) is 0 Å². The fourth-order valence-electron chi connectivity index (χ4n) is 6.07. The molecule has 0 bridgehead atoms. The molecule has 0 aliphatic heterocycles. The van der Waals surface area contributed by atoms with Gasteiger partial charge in [-0.2, -0.15) is 0 Å².